The van der Waals surface area contributed by atoms with Crippen molar-refractivity contribution < 1.29 is 32.1 Å². The van der Waals surface area contributed by atoms with Crippen molar-refractivity contribution in [3.05, 3.63) is 53.9 Å². The van der Waals surface area contributed by atoms with Crippen LogP contribution in [0.2, 0.25) is 0 Å². The number of rotatable bonds is 8. The Bertz CT molecular complexity index is 1270. The van der Waals surface area contributed by atoms with Gasteiger partial charge in [-0.25, -0.2) is 4.98 Å². The van der Waals surface area contributed by atoms with Gasteiger partial charge in [0.1, 0.15) is 17.8 Å². The summed E-state index contributed by atoms with van der Waals surface area (Å²) in [5.74, 6) is 2.16. The number of anilines is 3. The molecule has 2 aliphatic rings. The van der Waals surface area contributed by atoms with E-state index in [0.717, 1.165) is 57.0 Å². The van der Waals surface area contributed by atoms with Crippen LogP contribution in [0, 0.1) is 0 Å². The Balaban J connectivity index is 1.30. The monoisotopic (exact) mass is 531 g/mol. The zero-order valence-electron chi connectivity index (χ0n) is 20.8. The highest BCUT2D eigenvalue weighted by Crippen LogP contribution is 2.43. The lowest BCUT2D eigenvalue weighted by Gasteiger charge is -2.26. The molecular formula is C26H28F3N5O4. The molecule has 0 spiro atoms. The van der Waals surface area contributed by atoms with Crippen LogP contribution in [0.15, 0.2) is 42.7 Å². The summed E-state index contributed by atoms with van der Waals surface area (Å²) in [5.41, 5.74) is 0.701. The van der Waals surface area contributed by atoms with Crippen molar-refractivity contribution in [1.82, 2.24) is 14.9 Å². The Morgan fingerprint density at radius 2 is 1.95 bits per heavy atom. The second kappa shape index (κ2) is 11.3. The predicted octanol–water partition coefficient (Wildman–Crippen LogP) is 5.07. The molecule has 1 fully saturated rings. The lowest BCUT2D eigenvalue weighted by Crippen LogP contribution is -2.37. The van der Waals surface area contributed by atoms with E-state index in [2.05, 4.69) is 25.5 Å². The van der Waals surface area contributed by atoms with Crippen LogP contribution in [-0.4, -0.2) is 61.4 Å². The maximum absolute atomic E-state index is 13.2. The molecule has 3 aromatic rings. The van der Waals surface area contributed by atoms with Crippen LogP contribution in [0.3, 0.4) is 0 Å². The van der Waals surface area contributed by atoms with Gasteiger partial charge in [0.05, 0.1) is 32.5 Å². The Labute approximate surface area is 217 Å². The first-order valence-corrected chi connectivity index (χ1v) is 12.3. The van der Waals surface area contributed by atoms with E-state index in [-0.39, 0.29) is 17.4 Å². The van der Waals surface area contributed by atoms with Crippen LogP contribution in [0.5, 0.6) is 23.1 Å². The Hall–Kier alpha value is -3.77. The second-order valence-electron chi connectivity index (χ2n) is 8.83. The molecule has 0 aliphatic carbocycles. The quantitative estimate of drug-likeness (QED) is 0.387. The fourth-order valence-electron chi connectivity index (χ4n) is 4.28. The third kappa shape index (κ3) is 6.03. The van der Waals surface area contributed by atoms with Crippen LogP contribution in [0.25, 0.3) is 0 Å². The molecule has 12 heteroatoms. The summed E-state index contributed by atoms with van der Waals surface area (Å²) in [7, 11) is 1.56. The number of morpholine rings is 1. The number of nitrogens with zero attached hydrogens (tertiary/aromatic N) is 3. The number of methoxy groups -OCH3 is 1. The van der Waals surface area contributed by atoms with Gasteiger partial charge in [0.25, 0.3) is 0 Å². The maximum Gasteiger partial charge on any atom is 0.416 e. The number of halogens is 3. The number of hydrogen-bond donors (Lipinski definition) is 2. The molecule has 5 rings (SSSR count). The lowest BCUT2D eigenvalue weighted by atomic mass is 10.1. The molecule has 202 valence electrons. The Morgan fingerprint density at radius 3 is 2.74 bits per heavy atom. The summed E-state index contributed by atoms with van der Waals surface area (Å²) in [4.78, 5) is 10.8. The first-order valence-electron chi connectivity index (χ1n) is 12.3. The van der Waals surface area contributed by atoms with Crippen LogP contribution >= 0.6 is 0 Å². The van der Waals surface area contributed by atoms with E-state index in [1.807, 2.05) is 6.07 Å². The van der Waals surface area contributed by atoms with E-state index in [0.29, 0.717) is 36.1 Å². The van der Waals surface area contributed by atoms with E-state index < -0.39 is 11.7 Å². The first kappa shape index (κ1) is 25.9. The van der Waals surface area contributed by atoms with Gasteiger partial charge in [0.15, 0.2) is 17.3 Å². The minimum atomic E-state index is -4.45. The molecule has 38 heavy (non-hydrogen) atoms. The molecule has 0 bridgehead atoms. The van der Waals surface area contributed by atoms with Gasteiger partial charge in [0.2, 0.25) is 5.88 Å². The molecule has 0 saturated carbocycles. The minimum absolute atomic E-state index is 0.231. The van der Waals surface area contributed by atoms with E-state index in [1.165, 1.54) is 18.5 Å². The van der Waals surface area contributed by atoms with Crippen molar-refractivity contribution >= 4 is 17.2 Å². The third-order valence-corrected chi connectivity index (χ3v) is 6.25. The highest BCUT2D eigenvalue weighted by Gasteiger charge is 2.30. The van der Waals surface area contributed by atoms with E-state index in [1.54, 1.807) is 13.2 Å². The normalized spacial score (nSPS) is 15.4. The van der Waals surface area contributed by atoms with Crippen LogP contribution in [0.4, 0.5) is 30.4 Å². The molecule has 1 saturated heterocycles. The zero-order chi connectivity index (χ0) is 26.5. The van der Waals surface area contributed by atoms with Gasteiger partial charge in [0, 0.05) is 43.5 Å². The highest BCUT2D eigenvalue weighted by atomic mass is 19.4. The van der Waals surface area contributed by atoms with Crippen molar-refractivity contribution in [3.8, 4) is 23.1 Å². The van der Waals surface area contributed by atoms with Gasteiger partial charge in [-0.05, 0) is 30.7 Å². The van der Waals surface area contributed by atoms with Crippen LogP contribution < -0.4 is 24.8 Å². The number of alkyl halides is 3. The van der Waals surface area contributed by atoms with Crippen LogP contribution in [0.1, 0.15) is 17.5 Å². The zero-order valence-corrected chi connectivity index (χ0v) is 20.8. The summed E-state index contributed by atoms with van der Waals surface area (Å²) >= 11 is 0. The Morgan fingerprint density at radius 1 is 1.11 bits per heavy atom. The van der Waals surface area contributed by atoms with Gasteiger partial charge >= 0.3 is 6.18 Å². The molecule has 0 unspecified atom stereocenters. The average molecular weight is 532 g/mol. The summed E-state index contributed by atoms with van der Waals surface area (Å²) in [5, 5.41) is 6.18. The standard InChI is InChI=1S/C26H28F3N5O4/c1-35-21-14-20-17(12-22(21)37-9-3-6-34-7-10-36-11-8-34)15-30-23-24(31-16-32-25(23)38-20)33-19-5-2-4-18(13-19)26(27,28)29/h2,4-5,12-14,16,30H,3,6-11,15H2,1H3,(H,31,32,33). The fourth-order valence-corrected chi connectivity index (χ4v) is 4.28. The highest BCUT2D eigenvalue weighted by molar-refractivity contribution is 5.76. The van der Waals surface area contributed by atoms with Crippen molar-refractivity contribution in [2.75, 3.05) is 57.2 Å². The fraction of sp³-hybridized carbons (Fsp3) is 0.385. The summed E-state index contributed by atoms with van der Waals surface area (Å²) in [6, 6.07) is 8.50. The number of benzene rings is 2. The largest absolute Gasteiger partial charge is 0.493 e. The molecule has 0 amide bonds. The molecular weight excluding hydrogens is 503 g/mol. The molecule has 3 heterocycles. The number of hydrogen-bond acceptors (Lipinski definition) is 9. The number of fused-ring (bicyclic) bond motifs is 2. The molecule has 0 radical (unpaired) electrons. The van der Waals surface area contributed by atoms with Gasteiger partial charge in [-0.3, -0.25) is 4.90 Å². The average Bonchev–Trinajstić information content (AvgIpc) is 3.10. The van der Waals surface area contributed by atoms with Crippen molar-refractivity contribution in [2.24, 2.45) is 0 Å². The molecule has 2 aliphatic heterocycles. The summed E-state index contributed by atoms with van der Waals surface area (Å²) < 4.78 is 62.5. The van der Waals surface area contributed by atoms with Gasteiger partial charge in [-0.15, -0.1) is 0 Å². The summed E-state index contributed by atoms with van der Waals surface area (Å²) in [6.07, 6.45) is -2.31. The number of aromatic nitrogens is 2. The van der Waals surface area contributed by atoms with E-state index >= 15 is 0 Å². The van der Waals surface area contributed by atoms with Crippen molar-refractivity contribution in [2.45, 2.75) is 19.1 Å². The molecule has 0 atom stereocenters. The lowest BCUT2D eigenvalue weighted by molar-refractivity contribution is -0.137. The van der Waals surface area contributed by atoms with E-state index in [4.69, 9.17) is 18.9 Å². The van der Waals surface area contributed by atoms with Crippen molar-refractivity contribution in [3.63, 3.8) is 0 Å². The molecule has 9 nitrogen and oxygen atoms in total. The SMILES string of the molecule is COc1cc2c(cc1OCCCN1CCOCC1)CNc1c(Nc3cccc(C(F)(F)F)c3)ncnc1O2. The topological polar surface area (TPSA) is 90.0 Å². The minimum Gasteiger partial charge on any atom is -0.493 e. The first-order chi connectivity index (χ1) is 18.4. The van der Waals surface area contributed by atoms with E-state index in [9.17, 15) is 13.2 Å². The molecule has 2 aromatic carbocycles. The molecule has 1 aromatic heterocycles. The van der Waals surface area contributed by atoms with Crippen molar-refractivity contribution in [1.29, 1.82) is 0 Å². The number of ether oxygens (including phenoxy) is 4. The van der Waals surface area contributed by atoms with Gasteiger partial charge in [-0.2, -0.15) is 18.2 Å². The van der Waals surface area contributed by atoms with Gasteiger partial charge in [-0.1, -0.05) is 6.07 Å². The third-order valence-electron chi connectivity index (χ3n) is 6.25. The maximum atomic E-state index is 13.2. The predicted molar refractivity (Wildman–Crippen MR) is 135 cm³/mol. The number of nitrogens with one attached hydrogen (secondary N) is 2. The second-order valence-corrected chi connectivity index (χ2v) is 8.83. The summed E-state index contributed by atoms with van der Waals surface area (Å²) in [6.45, 7) is 5.18. The van der Waals surface area contributed by atoms with Crippen LogP contribution in [-0.2, 0) is 17.5 Å². The molecule has 2 N–H and O–H groups in total. The Kier molecular flexibility index (Phi) is 7.70. The smallest absolute Gasteiger partial charge is 0.416 e. The van der Waals surface area contributed by atoms with Gasteiger partial charge < -0.3 is 29.6 Å².